The summed E-state index contributed by atoms with van der Waals surface area (Å²) in [5.74, 6) is 0.843. The minimum Gasteiger partial charge on any atom is -0.0922 e. The smallest absolute Gasteiger partial charge is 0.0922 e. The fourth-order valence-corrected chi connectivity index (χ4v) is 0.770. The maximum atomic E-state index is 2.31. The topological polar surface area (TPSA) is 0 Å². The van der Waals surface area contributed by atoms with Crippen molar-refractivity contribution < 1.29 is 0 Å². The largest absolute Gasteiger partial charge is 0.108 e. The van der Waals surface area contributed by atoms with Gasteiger partial charge in [0.25, 0.3) is 0 Å². The van der Waals surface area contributed by atoms with Gasteiger partial charge in [0.2, 0.25) is 0 Å². The zero-order chi connectivity index (χ0) is 6.73. The summed E-state index contributed by atoms with van der Waals surface area (Å²) < 4.78 is 0. The molecule has 0 spiro atoms. The molecule has 0 fully saturated rings. The third-order valence-electron chi connectivity index (χ3n) is 2.10. The second-order valence-corrected chi connectivity index (χ2v) is 3.35. The van der Waals surface area contributed by atoms with Crippen LogP contribution in [-0.2, 0) is 0 Å². The molecule has 0 bridgehead atoms. The number of rotatable bonds is 2. The lowest BCUT2D eigenvalue weighted by Gasteiger charge is -2.12. The van der Waals surface area contributed by atoms with Gasteiger partial charge in [0, 0.05) is 0 Å². The van der Waals surface area contributed by atoms with E-state index >= 15 is 0 Å². The highest BCUT2D eigenvalue weighted by Crippen LogP contribution is 2.08. The Morgan fingerprint density at radius 3 is 1.38 bits per heavy atom. The van der Waals surface area contributed by atoms with Crippen LogP contribution in [0.4, 0.5) is 0 Å². The molecule has 0 rings (SSSR count). The molecule has 0 heterocycles. The first-order valence-corrected chi connectivity index (χ1v) is 3.55. The van der Waals surface area contributed by atoms with E-state index in [1.54, 1.807) is 0 Å². The van der Waals surface area contributed by atoms with Gasteiger partial charge in [0.1, 0.15) is 13.2 Å². The molecule has 0 unspecified atom stereocenters. The Morgan fingerprint density at radius 1 is 1.00 bits per heavy atom. The Balaban J connectivity index is 3.46. The number of hydrogen-bond acceptors (Lipinski definition) is 0. The van der Waals surface area contributed by atoms with Crippen LogP contribution in [0.2, 0.25) is 26.3 Å². The summed E-state index contributed by atoms with van der Waals surface area (Å²) in [5, 5.41) is 0. The van der Waals surface area contributed by atoms with Crippen molar-refractivity contribution in [2.45, 2.75) is 40.1 Å². The summed E-state index contributed by atoms with van der Waals surface area (Å²) in [5.41, 5.74) is 0. The monoisotopic (exact) mass is 110 g/mol. The molecule has 2 heteroatoms. The Bertz CT molecular complexity index is 51.5. The Morgan fingerprint density at radius 2 is 1.38 bits per heavy atom. The van der Waals surface area contributed by atoms with Gasteiger partial charge in [-0.3, -0.25) is 0 Å². The zero-order valence-electron chi connectivity index (χ0n) is 6.73. The van der Waals surface area contributed by atoms with Gasteiger partial charge in [0.15, 0.2) is 0 Å². The van der Waals surface area contributed by atoms with Crippen LogP contribution in [0.5, 0.6) is 0 Å². The van der Waals surface area contributed by atoms with Gasteiger partial charge in [-0.2, -0.15) is 0 Å². The van der Waals surface area contributed by atoms with Gasteiger partial charge in [0.05, 0.1) is 0 Å². The van der Waals surface area contributed by atoms with E-state index in [0.717, 1.165) is 19.0 Å². The van der Waals surface area contributed by atoms with Crippen molar-refractivity contribution in [3.05, 3.63) is 0 Å². The molecular weight excluding hydrogens is 93.7 g/mol. The maximum absolute atomic E-state index is 2.31. The molecular formula is C6H16B2. The normalized spacial score (nSPS) is 9.75. The van der Waals surface area contributed by atoms with Gasteiger partial charge in [-0.1, -0.05) is 40.1 Å². The van der Waals surface area contributed by atoms with Crippen molar-refractivity contribution in [1.82, 2.24) is 0 Å². The van der Waals surface area contributed by atoms with Gasteiger partial charge >= 0.3 is 0 Å². The molecule has 0 amide bonds. The highest BCUT2D eigenvalue weighted by Gasteiger charge is 2.16. The minimum absolute atomic E-state index is 0.843. The molecule has 0 aliphatic carbocycles. The summed E-state index contributed by atoms with van der Waals surface area (Å²) >= 11 is 0. The van der Waals surface area contributed by atoms with E-state index in [-0.39, 0.29) is 0 Å². The summed E-state index contributed by atoms with van der Waals surface area (Å²) in [4.78, 5) is 0. The van der Waals surface area contributed by atoms with Crippen LogP contribution in [0.3, 0.4) is 0 Å². The molecule has 0 nitrogen and oxygen atoms in total. The van der Waals surface area contributed by atoms with E-state index < -0.39 is 0 Å². The van der Waals surface area contributed by atoms with Crippen molar-refractivity contribution in [3.63, 3.8) is 0 Å². The summed E-state index contributed by atoms with van der Waals surface area (Å²) in [7, 11) is 0. The SMILES string of the molecule is CB(C)B(C)C(C)C. The van der Waals surface area contributed by atoms with Crippen molar-refractivity contribution in [2.24, 2.45) is 0 Å². The molecule has 0 aromatic heterocycles. The van der Waals surface area contributed by atoms with Crippen LogP contribution < -0.4 is 0 Å². The predicted molar refractivity (Wildman–Crippen MR) is 44.2 cm³/mol. The van der Waals surface area contributed by atoms with Gasteiger partial charge in [-0.05, 0) is 0 Å². The fraction of sp³-hybridized carbons (Fsp3) is 1.00. The Labute approximate surface area is 54.2 Å². The Kier molecular flexibility index (Phi) is 3.27. The first kappa shape index (κ1) is 8.13. The predicted octanol–water partition coefficient (Wildman–Crippen LogP) is 2.35. The van der Waals surface area contributed by atoms with Crippen LogP contribution >= 0.6 is 0 Å². The lowest BCUT2D eigenvalue weighted by atomic mass is 9.08. The molecule has 0 atom stereocenters. The lowest BCUT2D eigenvalue weighted by Crippen LogP contribution is -2.28. The highest BCUT2D eigenvalue weighted by atomic mass is 13.7. The van der Waals surface area contributed by atoms with E-state index in [0.29, 0.717) is 0 Å². The average molecular weight is 110 g/mol. The van der Waals surface area contributed by atoms with E-state index in [4.69, 9.17) is 0 Å². The van der Waals surface area contributed by atoms with Crippen molar-refractivity contribution in [2.75, 3.05) is 0 Å². The molecule has 0 saturated heterocycles. The van der Waals surface area contributed by atoms with Crippen LogP contribution in [0.25, 0.3) is 0 Å². The van der Waals surface area contributed by atoms with E-state index in [9.17, 15) is 0 Å². The summed E-state index contributed by atoms with van der Waals surface area (Å²) in [6, 6.07) is 0. The van der Waals surface area contributed by atoms with Crippen molar-refractivity contribution >= 4 is 13.2 Å². The molecule has 46 valence electrons. The van der Waals surface area contributed by atoms with Gasteiger partial charge in [-0.25, -0.2) is 0 Å². The van der Waals surface area contributed by atoms with Crippen molar-refractivity contribution in [1.29, 1.82) is 0 Å². The molecule has 0 aromatic rings. The molecule has 0 aliphatic heterocycles. The molecule has 8 heavy (non-hydrogen) atoms. The third-order valence-corrected chi connectivity index (χ3v) is 2.10. The van der Waals surface area contributed by atoms with Crippen molar-refractivity contribution in [3.8, 4) is 0 Å². The molecule has 0 aromatic carbocycles. The first-order valence-electron chi connectivity index (χ1n) is 3.55. The highest BCUT2D eigenvalue weighted by molar-refractivity contribution is 7.21. The molecule has 0 aliphatic rings. The second kappa shape index (κ2) is 3.21. The standard InChI is InChI=1S/C6H16B2/c1-6(2)8(5)7(3)4/h6H,1-5H3. The van der Waals surface area contributed by atoms with E-state index in [1.165, 1.54) is 0 Å². The Hall–Kier alpha value is 0.130. The van der Waals surface area contributed by atoms with E-state index in [1.807, 2.05) is 0 Å². The molecule has 0 saturated carbocycles. The zero-order valence-corrected chi connectivity index (χ0v) is 6.73. The van der Waals surface area contributed by atoms with Crippen LogP contribution in [0.1, 0.15) is 13.8 Å². The fourth-order valence-electron chi connectivity index (χ4n) is 0.770. The maximum Gasteiger partial charge on any atom is 0.108 e. The van der Waals surface area contributed by atoms with E-state index in [2.05, 4.69) is 34.3 Å². The lowest BCUT2D eigenvalue weighted by molar-refractivity contribution is 1.05. The quantitative estimate of drug-likeness (QED) is 0.478. The summed E-state index contributed by atoms with van der Waals surface area (Å²) in [6.45, 7) is 13.2. The molecule has 0 radical (unpaired) electrons. The van der Waals surface area contributed by atoms with Gasteiger partial charge in [-0.15, -0.1) is 0 Å². The van der Waals surface area contributed by atoms with Crippen LogP contribution in [-0.4, -0.2) is 13.2 Å². The minimum atomic E-state index is 0.843. The number of hydrogen-bond donors (Lipinski definition) is 0. The molecule has 0 N–H and O–H groups in total. The average Bonchev–Trinajstić information content (AvgIpc) is 1.64. The first-order chi connectivity index (χ1) is 3.55. The summed E-state index contributed by atoms with van der Waals surface area (Å²) in [6.07, 6.45) is 0. The van der Waals surface area contributed by atoms with Gasteiger partial charge < -0.3 is 0 Å². The third kappa shape index (κ3) is 2.44. The van der Waals surface area contributed by atoms with Crippen LogP contribution in [0.15, 0.2) is 0 Å². The van der Waals surface area contributed by atoms with Crippen LogP contribution in [0, 0.1) is 0 Å². The second-order valence-electron chi connectivity index (χ2n) is 3.35.